The van der Waals surface area contributed by atoms with Crippen molar-refractivity contribution in [3.8, 4) is 11.1 Å². The average Bonchev–Trinajstić information content (AvgIpc) is 3.13. The van der Waals surface area contributed by atoms with Gasteiger partial charge in [-0.15, -0.1) is 0 Å². The van der Waals surface area contributed by atoms with E-state index < -0.39 is 17.7 Å². The molecule has 0 aliphatic heterocycles. The van der Waals surface area contributed by atoms with E-state index in [1.165, 1.54) is 0 Å². The molecule has 1 aliphatic carbocycles. The summed E-state index contributed by atoms with van der Waals surface area (Å²) in [4.78, 5) is 58.8. The van der Waals surface area contributed by atoms with Gasteiger partial charge in [0.1, 0.15) is 11.6 Å². The Labute approximate surface area is 314 Å². The van der Waals surface area contributed by atoms with Gasteiger partial charge in [0.2, 0.25) is 11.8 Å². The third kappa shape index (κ3) is 13.2. The number of hydrogen-bond acceptors (Lipinski definition) is 7. The van der Waals surface area contributed by atoms with E-state index in [1.807, 2.05) is 113 Å². The third-order valence-corrected chi connectivity index (χ3v) is 9.36. The van der Waals surface area contributed by atoms with Gasteiger partial charge in [-0.2, -0.15) is 0 Å². The summed E-state index contributed by atoms with van der Waals surface area (Å²) in [6, 6.07) is 21.9. The molecule has 1 aliphatic rings. The summed E-state index contributed by atoms with van der Waals surface area (Å²) < 4.78 is 5.36. The Hall–Kier alpha value is -5.03. The fraction of sp³-hybridized carbons (Fsp3) is 0.452. The minimum Gasteiger partial charge on any atom is -0.444 e. The van der Waals surface area contributed by atoms with Crippen LogP contribution in [0.4, 0.5) is 10.5 Å². The largest absolute Gasteiger partial charge is 0.444 e. The first kappa shape index (κ1) is 40.7. The Balaban J connectivity index is 1.46. The topological polar surface area (TPSA) is 141 Å². The Morgan fingerprint density at radius 1 is 0.868 bits per heavy atom. The zero-order valence-electron chi connectivity index (χ0n) is 32.3. The molecule has 3 aromatic rings. The summed E-state index contributed by atoms with van der Waals surface area (Å²) in [7, 11) is 5.66. The van der Waals surface area contributed by atoms with Crippen molar-refractivity contribution in [1.29, 1.82) is 0 Å². The molecule has 11 heteroatoms. The fourth-order valence-corrected chi connectivity index (χ4v) is 6.27. The summed E-state index contributed by atoms with van der Waals surface area (Å²) in [6.07, 6.45) is 2.72. The van der Waals surface area contributed by atoms with Gasteiger partial charge in [-0.05, 0) is 120 Å². The van der Waals surface area contributed by atoms with Crippen molar-refractivity contribution in [3.05, 3.63) is 89.5 Å². The van der Waals surface area contributed by atoms with Crippen LogP contribution in [0.25, 0.3) is 11.1 Å². The number of ether oxygens (including phenoxy) is 1. The van der Waals surface area contributed by atoms with Crippen LogP contribution in [0.1, 0.15) is 74.9 Å². The molecule has 0 spiro atoms. The lowest BCUT2D eigenvalue weighted by Crippen LogP contribution is -2.48. The maximum Gasteiger partial charge on any atom is 0.407 e. The van der Waals surface area contributed by atoms with Crippen LogP contribution < -0.4 is 21.3 Å². The van der Waals surface area contributed by atoms with Gasteiger partial charge in [-0.3, -0.25) is 19.4 Å². The standard InChI is InChI=1S/C42H56N6O5/c1-28(43-5)31-18-20-36(21-19-31)46-40(51)37(47-39(50)32-16-14-29(15-17-32)27-45-41(52)53-42(2,3)4)25-30-10-8-11-33(24-30)34-12-9-13-35(26-34)38(49)44-22-23-48(6)7/h8-13,18-21,24,26,29,32,37H,14-17,22-23,25,27H2,1-7H3,(H,44,49)(H,45,52)(H,46,51)(H,47,50)/t29?,32?,37-/m0/s1. The van der Waals surface area contributed by atoms with E-state index in [-0.39, 0.29) is 36.0 Å². The second-order valence-electron chi connectivity index (χ2n) is 15.1. The molecule has 0 bridgehead atoms. The van der Waals surface area contributed by atoms with Gasteiger partial charge in [0, 0.05) is 56.0 Å². The van der Waals surface area contributed by atoms with Crippen molar-refractivity contribution in [2.45, 2.75) is 71.4 Å². The summed E-state index contributed by atoms with van der Waals surface area (Å²) in [5.41, 5.74) is 5.11. The molecule has 4 N–H and O–H groups in total. The molecule has 0 heterocycles. The number of nitrogens with zero attached hydrogens (tertiary/aromatic N) is 2. The molecule has 11 nitrogen and oxygen atoms in total. The predicted molar refractivity (Wildman–Crippen MR) is 211 cm³/mol. The quantitative estimate of drug-likeness (QED) is 0.149. The summed E-state index contributed by atoms with van der Waals surface area (Å²) in [5.74, 6) is -0.596. The molecular formula is C42H56N6O5. The SMILES string of the molecule is CN=C(C)c1ccc(NC(=O)[C@H](Cc2cccc(-c3cccc(C(=O)NCCN(C)C)c3)c2)NC(=O)C2CCC(CNC(=O)OC(C)(C)C)CC2)cc1. The number of benzene rings is 3. The lowest BCUT2D eigenvalue weighted by molar-refractivity contribution is -0.130. The highest BCUT2D eigenvalue weighted by molar-refractivity contribution is 6.00. The Morgan fingerprint density at radius 2 is 1.53 bits per heavy atom. The van der Waals surface area contributed by atoms with E-state index >= 15 is 0 Å². The van der Waals surface area contributed by atoms with Crippen LogP contribution in [0.15, 0.2) is 77.8 Å². The maximum atomic E-state index is 13.9. The number of hydrogen-bond donors (Lipinski definition) is 4. The second kappa shape index (κ2) is 19.2. The van der Waals surface area contributed by atoms with E-state index in [9.17, 15) is 19.2 Å². The molecule has 4 amide bonds. The lowest BCUT2D eigenvalue weighted by Gasteiger charge is -2.29. The summed E-state index contributed by atoms with van der Waals surface area (Å²) >= 11 is 0. The number of carbonyl (C=O) groups is 4. The molecule has 1 fully saturated rings. The second-order valence-corrected chi connectivity index (χ2v) is 15.1. The number of nitrogens with one attached hydrogen (secondary N) is 4. The number of carbonyl (C=O) groups excluding carboxylic acids is 4. The number of rotatable bonds is 14. The Kier molecular flexibility index (Phi) is 14.7. The van der Waals surface area contributed by atoms with Crippen LogP contribution in [-0.4, -0.2) is 86.8 Å². The first-order valence-electron chi connectivity index (χ1n) is 18.4. The van der Waals surface area contributed by atoms with Crippen molar-refractivity contribution in [3.63, 3.8) is 0 Å². The minimum atomic E-state index is -0.836. The zero-order chi connectivity index (χ0) is 38.5. The number of alkyl carbamates (subject to hydrolysis) is 1. The Bertz CT molecular complexity index is 1740. The molecule has 0 radical (unpaired) electrons. The first-order chi connectivity index (χ1) is 25.2. The summed E-state index contributed by atoms with van der Waals surface area (Å²) in [6.45, 7) is 9.20. The predicted octanol–water partition coefficient (Wildman–Crippen LogP) is 6.08. The first-order valence-corrected chi connectivity index (χ1v) is 18.4. The molecule has 4 rings (SSSR count). The molecular weight excluding hydrogens is 668 g/mol. The molecule has 53 heavy (non-hydrogen) atoms. The van der Waals surface area contributed by atoms with Crippen molar-refractivity contribution >= 4 is 35.2 Å². The lowest BCUT2D eigenvalue weighted by atomic mass is 9.81. The minimum absolute atomic E-state index is 0.136. The van der Waals surface area contributed by atoms with Gasteiger partial charge < -0.3 is 30.9 Å². The van der Waals surface area contributed by atoms with Crippen molar-refractivity contribution < 1.29 is 23.9 Å². The molecule has 0 unspecified atom stereocenters. The number of aliphatic imine (C=N–C) groups is 1. The van der Waals surface area contributed by atoms with E-state index in [2.05, 4.69) is 26.3 Å². The summed E-state index contributed by atoms with van der Waals surface area (Å²) in [5, 5.41) is 11.9. The van der Waals surface area contributed by atoms with Gasteiger partial charge >= 0.3 is 6.09 Å². The molecule has 1 saturated carbocycles. The van der Waals surface area contributed by atoms with Crippen LogP contribution in [0.3, 0.4) is 0 Å². The maximum absolute atomic E-state index is 13.9. The van der Waals surface area contributed by atoms with Crippen LogP contribution >= 0.6 is 0 Å². The van der Waals surface area contributed by atoms with Gasteiger partial charge in [0.05, 0.1) is 0 Å². The normalized spacial score (nSPS) is 16.7. The van der Waals surface area contributed by atoms with Gasteiger partial charge in [-0.25, -0.2) is 4.79 Å². The van der Waals surface area contributed by atoms with Crippen LogP contribution in [0, 0.1) is 11.8 Å². The smallest absolute Gasteiger partial charge is 0.407 e. The van der Waals surface area contributed by atoms with Gasteiger partial charge in [-0.1, -0.05) is 48.5 Å². The monoisotopic (exact) mass is 724 g/mol. The molecule has 0 saturated heterocycles. The molecule has 3 aromatic carbocycles. The van der Waals surface area contributed by atoms with E-state index in [1.54, 1.807) is 13.1 Å². The highest BCUT2D eigenvalue weighted by atomic mass is 16.6. The van der Waals surface area contributed by atoms with Crippen molar-refractivity contribution in [2.24, 2.45) is 16.8 Å². The van der Waals surface area contributed by atoms with E-state index in [0.29, 0.717) is 37.2 Å². The number of anilines is 1. The number of amides is 4. The molecule has 1 atom stereocenters. The van der Waals surface area contributed by atoms with Crippen LogP contribution in [0.5, 0.6) is 0 Å². The van der Waals surface area contributed by atoms with E-state index in [0.717, 1.165) is 47.4 Å². The van der Waals surface area contributed by atoms with Gasteiger partial charge in [0.25, 0.3) is 5.91 Å². The van der Waals surface area contributed by atoms with Crippen molar-refractivity contribution in [1.82, 2.24) is 20.9 Å². The van der Waals surface area contributed by atoms with Gasteiger partial charge in [0.15, 0.2) is 0 Å². The molecule has 0 aromatic heterocycles. The third-order valence-electron chi connectivity index (χ3n) is 9.36. The van der Waals surface area contributed by atoms with Crippen LogP contribution in [-0.2, 0) is 20.7 Å². The average molecular weight is 725 g/mol. The fourth-order valence-electron chi connectivity index (χ4n) is 6.27. The van der Waals surface area contributed by atoms with E-state index in [4.69, 9.17) is 4.74 Å². The molecule has 284 valence electrons. The zero-order valence-corrected chi connectivity index (χ0v) is 32.3. The highest BCUT2D eigenvalue weighted by Gasteiger charge is 2.30. The van der Waals surface area contributed by atoms with Crippen LogP contribution in [0.2, 0.25) is 0 Å². The Morgan fingerprint density at radius 3 is 2.17 bits per heavy atom. The highest BCUT2D eigenvalue weighted by Crippen LogP contribution is 2.29. The number of likely N-dealkylation sites (N-methyl/N-ethyl adjacent to an activating group) is 1. The van der Waals surface area contributed by atoms with Crippen molar-refractivity contribution in [2.75, 3.05) is 46.1 Å².